The number of amides is 1. The molecule has 0 bridgehead atoms. The number of aromatic nitrogens is 2. The number of halogens is 2. The summed E-state index contributed by atoms with van der Waals surface area (Å²) in [7, 11) is 0. The predicted molar refractivity (Wildman–Crippen MR) is 158 cm³/mol. The standard InChI is InChI=1S/C29H27Cl2N5OS/c1-17(2)28(37)33-22-11-10-20(15-18(22)3)36-27(26(34-29(36)38)23-7-4-5-13-32-23)25-8-6-14-35(25)24-12-9-19(30)16-21(24)31/h4-17,26-27H,1-3H3,(H,33,37)(H,34,38)/t26-,27-/m1/s1. The summed E-state index contributed by atoms with van der Waals surface area (Å²) in [6.45, 7) is 5.73. The van der Waals surface area contributed by atoms with E-state index in [4.69, 9.17) is 35.4 Å². The van der Waals surface area contributed by atoms with E-state index in [0.717, 1.165) is 34.0 Å². The molecule has 0 radical (unpaired) electrons. The zero-order chi connectivity index (χ0) is 27.0. The summed E-state index contributed by atoms with van der Waals surface area (Å²) in [5.74, 6) is -0.134. The van der Waals surface area contributed by atoms with Crippen LogP contribution < -0.4 is 15.5 Å². The summed E-state index contributed by atoms with van der Waals surface area (Å²) in [5.41, 5.74) is 5.29. The Kier molecular flexibility index (Phi) is 7.43. The van der Waals surface area contributed by atoms with Gasteiger partial charge in [0.25, 0.3) is 0 Å². The van der Waals surface area contributed by atoms with Gasteiger partial charge in [0.2, 0.25) is 5.91 Å². The molecule has 1 amide bonds. The van der Waals surface area contributed by atoms with Gasteiger partial charge in [-0.25, -0.2) is 0 Å². The van der Waals surface area contributed by atoms with Crippen molar-refractivity contribution in [3.8, 4) is 5.69 Å². The number of thiocarbonyl (C=S) groups is 1. The molecule has 9 heteroatoms. The summed E-state index contributed by atoms with van der Waals surface area (Å²) in [4.78, 5) is 19.1. The monoisotopic (exact) mass is 563 g/mol. The maximum Gasteiger partial charge on any atom is 0.226 e. The second-order valence-electron chi connectivity index (χ2n) is 9.54. The molecule has 0 spiro atoms. The van der Waals surface area contributed by atoms with Gasteiger partial charge in [0.15, 0.2) is 5.11 Å². The van der Waals surface area contributed by atoms with E-state index in [0.29, 0.717) is 15.2 Å². The Hall–Kier alpha value is -3.39. The van der Waals surface area contributed by atoms with Gasteiger partial charge in [0.1, 0.15) is 6.04 Å². The number of anilines is 2. The Morgan fingerprint density at radius 1 is 1.08 bits per heavy atom. The van der Waals surface area contributed by atoms with Crippen LogP contribution in [0.3, 0.4) is 0 Å². The molecule has 0 saturated carbocycles. The topological polar surface area (TPSA) is 62.2 Å². The molecule has 1 aliphatic rings. The quantitative estimate of drug-likeness (QED) is 0.242. The lowest BCUT2D eigenvalue weighted by Crippen LogP contribution is -2.30. The van der Waals surface area contributed by atoms with Crippen LogP contribution >= 0.6 is 35.4 Å². The minimum Gasteiger partial charge on any atom is -0.351 e. The van der Waals surface area contributed by atoms with E-state index in [1.807, 2.05) is 81.6 Å². The van der Waals surface area contributed by atoms with Gasteiger partial charge in [-0.3, -0.25) is 9.78 Å². The second-order valence-corrected chi connectivity index (χ2v) is 10.8. The fraction of sp³-hybridized carbons (Fsp3) is 0.207. The van der Waals surface area contributed by atoms with Crippen LogP contribution in [-0.2, 0) is 4.79 Å². The van der Waals surface area contributed by atoms with Crippen molar-refractivity contribution in [3.05, 3.63) is 106 Å². The minimum atomic E-state index is -0.241. The van der Waals surface area contributed by atoms with E-state index >= 15 is 0 Å². The average molecular weight is 565 g/mol. The Labute approximate surface area is 237 Å². The van der Waals surface area contributed by atoms with Crippen LogP contribution in [0.15, 0.2) is 79.1 Å². The van der Waals surface area contributed by atoms with Crippen LogP contribution in [0.25, 0.3) is 5.69 Å². The van der Waals surface area contributed by atoms with Crippen LogP contribution in [0.2, 0.25) is 10.0 Å². The maximum absolute atomic E-state index is 12.3. The summed E-state index contributed by atoms with van der Waals surface area (Å²) in [6.07, 6.45) is 3.76. The number of benzene rings is 2. The molecule has 0 aliphatic carbocycles. The van der Waals surface area contributed by atoms with Crippen molar-refractivity contribution in [3.63, 3.8) is 0 Å². The van der Waals surface area contributed by atoms with Gasteiger partial charge in [-0.05, 0) is 85.4 Å². The molecular formula is C29H27Cl2N5OS. The number of nitrogens with one attached hydrogen (secondary N) is 2. The summed E-state index contributed by atoms with van der Waals surface area (Å²) in [5, 5.41) is 8.21. The summed E-state index contributed by atoms with van der Waals surface area (Å²) < 4.78 is 2.06. The number of rotatable bonds is 6. The van der Waals surface area contributed by atoms with Crippen LogP contribution in [0.4, 0.5) is 11.4 Å². The van der Waals surface area contributed by atoms with E-state index in [2.05, 4.69) is 31.2 Å². The third-order valence-electron chi connectivity index (χ3n) is 6.62. The molecule has 3 heterocycles. The zero-order valence-electron chi connectivity index (χ0n) is 21.2. The Morgan fingerprint density at radius 3 is 2.58 bits per heavy atom. The van der Waals surface area contributed by atoms with Gasteiger partial charge in [-0.1, -0.05) is 43.1 Å². The third kappa shape index (κ3) is 5.01. The van der Waals surface area contributed by atoms with Gasteiger partial charge in [0, 0.05) is 40.4 Å². The third-order valence-corrected chi connectivity index (χ3v) is 7.47. The normalized spacial score (nSPS) is 17.1. The molecule has 0 unspecified atom stereocenters. The van der Waals surface area contributed by atoms with E-state index < -0.39 is 0 Å². The van der Waals surface area contributed by atoms with E-state index in [9.17, 15) is 4.79 Å². The van der Waals surface area contributed by atoms with E-state index in [1.54, 1.807) is 12.3 Å². The van der Waals surface area contributed by atoms with E-state index in [-0.39, 0.29) is 23.9 Å². The lowest BCUT2D eigenvalue weighted by atomic mass is 10.00. The molecule has 38 heavy (non-hydrogen) atoms. The lowest BCUT2D eigenvalue weighted by Gasteiger charge is -2.29. The Balaban J connectivity index is 1.61. The first kappa shape index (κ1) is 26.2. The van der Waals surface area contributed by atoms with Gasteiger partial charge in [-0.15, -0.1) is 0 Å². The molecule has 2 aromatic heterocycles. The number of hydrogen-bond acceptors (Lipinski definition) is 3. The first-order valence-electron chi connectivity index (χ1n) is 12.3. The first-order chi connectivity index (χ1) is 18.2. The Morgan fingerprint density at radius 2 is 1.89 bits per heavy atom. The summed E-state index contributed by atoms with van der Waals surface area (Å²) >= 11 is 18.7. The molecule has 1 fully saturated rings. The molecule has 2 aromatic carbocycles. The molecular weight excluding hydrogens is 537 g/mol. The van der Waals surface area contributed by atoms with Crippen LogP contribution in [0.5, 0.6) is 0 Å². The fourth-order valence-electron chi connectivity index (χ4n) is 4.68. The van der Waals surface area contributed by atoms with Gasteiger partial charge < -0.3 is 20.1 Å². The van der Waals surface area contributed by atoms with Gasteiger partial charge >= 0.3 is 0 Å². The molecule has 2 atom stereocenters. The second kappa shape index (κ2) is 10.8. The minimum absolute atomic E-state index is 0.0232. The highest BCUT2D eigenvalue weighted by molar-refractivity contribution is 7.80. The first-order valence-corrected chi connectivity index (χ1v) is 13.5. The fourth-order valence-corrected chi connectivity index (χ4v) is 5.53. The van der Waals surface area contributed by atoms with Crippen molar-refractivity contribution < 1.29 is 4.79 Å². The van der Waals surface area contributed by atoms with Gasteiger partial charge in [-0.2, -0.15) is 0 Å². The highest BCUT2D eigenvalue weighted by Gasteiger charge is 2.42. The molecule has 1 aliphatic heterocycles. The maximum atomic E-state index is 12.3. The van der Waals surface area contributed by atoms with Crippen molar-refractivity contribution in [1.29, 1.82) is 0 Å². The van der Waals surface area contributed by atoms with Crippen LogP contribution in [-0.4, -0.2) is 20.6 Å². The molecule has 1 saturated heterocycles. The number of nitrogens with zero attached hydrogens (tertiary/aromatic N) is 3. The van der Waals surface area contributed by atoms with Gasteiger partial charge in [0.05, 0.1) is 22.4 Å². The molecule has 2 N–H and O–H groups in total. The van der Waals surface area contributed by atoms with Crippen molar-refractivity contribution in [1.82, 2.24) is 14.9 Å². The SMILES string of the molecule is Cc1cc(N2C(=S)N[C@H](c3ccccn3)[C@H]2c2cccn2-c2ccc(Cl)cc2Cl)ccc1NC(=O)C(C)C. The number of carbonyl (C=O) groups is 1. The average Bonchev–Trinajstić information content (AvgIpc) is 3.50. The molecule has 5 rings (SSSR count). The predicted octanol–water partition coefficient (Wildman–Crippen LogP) is 7.26. The van der Waals surface area contributed by atoms with E-state index in [1.165, 1.54) is 0 Å². The smallest absolute Gasteiger partial charge is 0.226 e. The largest absolute Gasteiger partial charge is 0.351 e. The zero-order valence-corrected chi connectivity index (χ0v) is 23.5. The number of carbonyl (C=O) groups excluding carboxylic acids is 1. The number of hydrogen-bond donors (Lipinski definition) is 2. The molecule has 6 nitrogen and oxygen atoms in total. The molecule has 4 aromatic rings. The van der Waals surface area contributed by atoms with Crippen LogP contribution in [0.1, 0.15) is 42.9 Å². The Bertz CT molecular complexity index is 1500. The van der Waals surface area contributed by atoms with Crippen molar-refractivity contribution in [2.45, 2.75) is 32.9 Å². The van der Waals surface area contributed by atoms with Crippen molar-refractivity contribution in [2.75, 3.05) is 10.2 Å². The summed E-state index contributed by atoms with van der Waals surface area (Å²) in [6, 6.07) is 20.9. The highest BCUT2D eigenvalue weighted by atomic mass is 35.5. The number of pyridine rings is 1. The molecule has 194 valence electrons. The lowest BCUT2D eigenvalue weighted by molar-refractivity contribution is -0.118. The van der Waals surface area contributed by atoms with Crippen molar-refractivity contribution >= 4 is 57.8 Å². The van der Waals surface area contributed by atoms with Crippen LogP contribution in [0, 0.1) is 12.8 Å². The number of aryl methyl sites for hydroxylation is 1. The van der Waals surface area contributed by atoms with Crippen molar-refractivity contribution in [2.24, 2.45) is 5.92 Å². The highest BCUT2D eigenvalue weighted by Crippen LogP contribution is 2.43.